The van der Waals surface area contributed by atoms with Gasteiger partial charge in [0.1, 0.15) is 6.29 Å². The molecule has 1 aromatic rings. The van der Waals surface area contributed by atoms with Crippen LogP contribution in [0.4, 0.5) is 0 Å². The second-order valence-electron chi connectivity index (χ2n) is 4.82. The molecular formula is C15H21N3O5S. The monoisotopic (exact) mass is 355 g/mol. The number of rotatable bonds is 8. The molecule has 0 aliphatic rings. The van der Waals surface area contributed by atoms with Crippen LogP contribution in [-0.2, 0) is 9.53 Å². The van der Waals surface area contributed by atoms with E-state index < -0.39 is 5.91 Å². The van der Waals surface area contributed by atoms with E-state index in [2.05, 4.69) is 16.2 Å². The van der Waals surface area contributed by atoms with Crippen LogP contribution < -0.4 is 25.6 Å². The van der Waals surface area contributed by atoms with Crippen LogP contribution in [0.5, 0.6) is 11.5 Å². The Morgan fingerprint density at radius 2 is 2.04 bits per heavy atom. The summed E-state index contributed by atoms with van der Waals surface area (Å²) in [5.74, 6) is 0.290. The lowest BCUT2D eigenvalue weighted by Gasteiger charge is -2.16. The number of carbonyl (C=O) groups is 2. The number of thiocarbonyl (C=S) groups is 1. The minimum absolute atomic E-state index is 0.00347. The lowest BCUT2D eigenvalue weighted by Crippen LogP contribution is -2.50. The second-order valence-corrected chi connectivity index (χ2v) is 5.23. The number of hydrazine groups is 1. The van der Waals surface area contributed by atoms with E-state index in [-0.39, 0.29) is 17.8 Å². The van der Waals surface area contributed by atoms with Crippen LogP contribution in [0, 0.1) is 0 Å². The van der Waals surface area contributed by atoms with E-state index in [1.165, 1.54) is 13.2 Å². The largest absolute Gasteiger partial charge is 0.493 e. The van der Waals surface area contributed by atoms with Crippen molar-refractivity contribution in [3.05, 3.63) is 23.8 Å². The topological polar surface area (TPSA) is 97.9 Å². The molecule has 1 rings (SSSR count). The maximum absolute atomic E-state index is 11.7. The first kappa shape index (κ1) is 19.7. The molecule has 0 saturated heterocycles. The fourth-order valence-corrected chi connectivity index (χ4v) is 1.99. The van der Waals surface area contributed by atoms with E-state index in [4.69, 9.17) is 26.4 Å². The zero-order valence-electron chi connectivity index (χ0n) is 13.8. The van der Waals surface area contributed by atoms with E-state index in [1.54, 1.807) is 19.2 Å². The van der Waals surface area contributed by atoms with Gasteiger partial charge in [-0.2, -0.15) is 0 Å². The molecule has 1 atom stereocenters. The third-order valence-electron chi connectivity index (χ3n) is 2.79. The molecule has 0 heterocycles. The van der Waals surface area contributed by atoms with E-state index in [9.17, 15) is 9.59 Å². The van der Waals surface area contributed by atoms with E-state index in [0.29, 0.717) is 30.0 Å². The zero-order valence-corrected chi connectivity index (χ0v) is 14.6. The molecule has 1 aromatic carbocycles. The average molecular weight is 355 g/mol. The van der Waals surface area contributed by atoms with Gasteiger partial charge < -0.3 is 19.5 Å². The molecule has 8 nitrogen and oxygen atoms in total. The van der Waals surface area contributed by atoms with Gasteiger partial charge in [-0.3, -0.25) is 20.4 Å². The number of benzene rings is 1. The van der Waals surface area contributed by atoms with Crippen LogP contribution in [0.25, 0.3) is 0 Å². The van der Waals surface area contributed by atoms with Crippen LogP contribution >= 0.6 is 12.2 Å². The maximum Gasteiger partial charge on any atom is 0.276 e. The van der Waals surface area contributed by atoms with Crippen LogP contribution in [0.2, 0.25) is 0 Å². The highest BCUT2D eigenvalue weighted by atomic mass is 32.1. The molecule has 0 bridgehead atoms. The van der Waals surface area contributed by atoms with Gasteiger partial charge in [0.25, 0.3) is 5.91 Å². The van der Waals surface area contributed by atoms with Gasteiger partial charge in [-0.15, -0.1) is 0 Å². The molecule has 0 aliphatic heterocycles. The van der Waals surface area contributed by atoms with Gasteiger partial charge in [-0.1, -0.05) is 0 Å². The van der Waals surface area contributed by atoms with Crippen LogP contribution in [0.1, 0.15) is 17.3 Å². The molecule has 0 aliphatic carbocycles. The quantitative estimate of drug-likeness (QED) is 0.351. The number of nitrogens with one attached hydrogen (secondary N) is 3. The van der Waals surface area contributed by atoms with Crippen molar-refractivity contribution in [2.24, 2.45) is 0 Å². The third kappa shape index (κ3) is 6.80. The highest BCUT2D eigenvalue weighted by Gasteiger charge is 2.09. The first-order valence-electron chi connectivity index (χ1n) is 7.10. The minimum Gasteiger partial charge on any atom is -0.493 e. The molecule has 0 radical (unpaired) electrons. The van der Waals surface area contributed by atoms with Crippen molar-refractivity contribution < 1.29 is 23.8 Å². The van der Waals surface area contributed by atoms with Gasteiger partial charge in [-0.25, -0.2) is 0 Å². The molecule has 0 unspecified atom stereocenters. The molecule has 0 saturated carbocycles. The van der Waals surface area contributed by atoms with Gasteiger partial charge in [0.2, 0.25) is 0 Å². The second kappa shape index (κ2) is 10.4. The summed E-state index contributed by atoms with van der Waals surface area (Å²) >= 11 is 5.02. The van der Waals surface area contributed by atoms with Crippen molar-refractivity contribution in [1.29, 1.82) is 0 Å². The Hall–Kier alpha value is -2.39. The molecule has 0 fully saturated rings. The summed E-state index contributed by atoms with van der Waals surface area (Å²) in [5.41, 5.74) is 5.42. The van der Waals surface area contributed by atoms with Crippen molar-refractivity contribution in [2.75, 3.05) is 27.4 Å². The van der Waals surface area contributed by atoms with Gasteiger partial charge in [0.05, 0.1) is 13.7 Å². The lowest BCUT2D eigenvalue weighted by atomic mass is 10.2. The third-order valence-corrected chi connectivity index (χ3v) is 3.01. The number of hydrogen-bond acceptors (Lipinski definition) is 6. The highest BCUT2D eigenvalue weighted by Crippen LogP contribution is 2.27. The Bertz CT molecular complexity index is 582. The Kier molecular flexibility index (Phi) is 8.52. The van der Waals surface area contributed by atoms with Crippen molar-refractivity contribution in [3.8, 4) is 11.5 Å². The van der Waals surface area contributed by atoms with Gasteiger partial charge in [0.15, 0.2) is 23.2 Å². The average Bonchev–Trinajstić information content (AvgIpc) is 2.58. The van der Waals surface area contributed by atoms with Crippen LogP contribution in [-0.4, -0.2) is 50.8 Å². The first-order chi connectivity index (χ1) is 11.5. The summed E-state index contributed by atoms with van der Waals surface area (Å²) in [6.45, 7) is 2.12. The Balaban J connectivity index is 2.41. The van der Waals surface area contributed by atoms with E-state index in [1.807, 2.05) is 6.92 Å². The number of aldehydes is 1. The number of carbonyl (C=O) groups excluding carboxylic acids is 2. The fourth-order valence-electron chi connectivity index (χ4n) is 1.73. The lowest BCUT2D eigenvalue weighted by molar-refractivity contribution is -0.123. The van der Waals surface area contributed by atoms with Crippen molar-refractivity contribution in [1.82, 2.24) is 16.2 Å². The number of ether oxygens (including phenoxy) is 3. The molecular weight excluding hydrogens is 334 g/mol. The van der Waals surface area contributed by atoms with Crippen LogP contribution in [0.3, 0.4) is 0 Å². The molecule has 0 aromatic heterocycles. The molecule has 0 spiro atoms. The highest BCUT2D eigenvalue weighted by molar-refractivity contribution is 7.80. The van der Waals surface area contributed by atoms with Gasteiger partial charge in [0, 0.05) is 18.7 Å². The Morgan fingerprint density at radius 3 is 2.67 bits per heavy atom. The number of amides is 1. The maximum atomic E-state index is 11.7. The zero-order chi connectivity index (χ0) is 17.9. The number of hydrogen-bond donors (Lipinski definition) is 3. The first-order valence-corrected chi connectivity index (χ1v) is 7.51. The fraction of sp³-hybridized carbons (Fsp3) is 0.400. The summed E-state index contributed by atoms with van der Waals surface area (Å²) in [5, 5.41) is 3.19. The predicted molar refractivity (Wildman–Crippen MR) is 92.2 cm³/mol. The Morgan fingerprint density at radius 1 is 1.29 bits per heavy atom. The Labute approximate surface area is 145 Å². The summed E-state index contributed by atoms with van der Waals surface area (Å²) < 4.78 is 15.4. The van der Waals surface area contributed by atoms with Crippen molar-refractivity contribution in [2.45, 2.75) is 13.0 Å². The smallest absolute Gasteiger partial charge is 0.276 e. The SMILES string of the molecule is COC[C@@H](C)NC(=S)NNC(=O)COc1ccc(C=O)cc1OC. The van der Waals surface area contributed by atoms with Crippen molar-refractivity contribution in [3.63, 3.8) is 0 Å². The summed E-state index contributed by atoms with van der Waals surface area (Å²) in [4.78, 5) is 22.5. The summed E-state index contributed by atoms with van der Waals surface area (Å²) in [6, 6.07) is 4.65. The van der Waals surface area contributed by atoms with Crippen molar-refractivity contribution >= 4 is 29.5 Å². The molecule has 9 heteroatoms. The standard InChI is InChI=1S/C15H21N3O5S/c1-10(8-21-2)16-15(24)18-17-14(20)9-23-12-5-4-11(7-19)6-13(12)22-3/h4-7,10H,8-9H2,1-3H3,(H,17,20)(H2,16,18,24)/t10-/m1/s1. The predicted octanol–water partition coefficient (Wildman–Crippen LogP) is 0.417. The van der Waals surface area contributed by atoms with Gasteiger partial charge >= 0.3 is 0 Å². The van der Waals surface area contributed by atoms with E-state index >= 15 is 0 Å². The molecule has 1 amide bonds. The molecule has 24 heavy (non-hydrogen) atoms. The van der Waals surface area contributed by atoms with Gasteiger partial charge in [-0.05, 0) is 37.3 Å². The summed E-state index contributed by atoms with van der Waals surface area (Å²) in [6.07, 6.45) is 0.696. The van der Waals surface area contributed by atoms with Crippen LogP contribution in [0.15, 0.2) is 18.2 Å². The normalized spacial score (nSPS) is 11.1. The van der Waals surface area contributed by atoms with E-state index in [0.717, 1.165) is 0 Å². The molecule has 3 N–H and O–H groups in total. The summed E-state index contributed by atoms with van der Waals surface area (Å²) in [7, 11) is 3.04. The minimum atomic E-state index is -0.430. The molecule has 132 valence electrons. The number of methoxy groups -OCH3 is 2.